The third-order valence-electron chi connectivity index (χ3n) is 7.33. The molecule has 0 bridgehead atoms. The van der Waals surface area contributed by atoms with Crippen LogP contribution in [0.25, 0.3) is 10.8 Å². The van der Waals surface area contributed by atoms with Gasteiger partial charge in [-0.15, -0.1) is 0 Å². The zero-order valence-electron chi connectivity index (χ0n) is 22.0. The number of piperidine rings is 1. The second-order valence-electron chi connectivity index (χ2n) is 9.82. The monoisotopic (exact) mass is 577 g/mol. The molecule has 2 aromatic rings. The van der Waals surface area contributed by atoms with Gasteiger partial charge in [-0.05, 0) is 67.6 Å². The molecule has 2 atom stereocenters. The molecule has 2 heterocycles. The highest BCUT2D eigenvalue weighted by atomic mass is 35.5. The van der Waals surface area contributed by atoms with Gasteiger partial charge in [0.15, 0.2) is 0 Å². The van der Waals surface area contributed by atoms with Crippen LogP contribution in [0.2, 0.25) is 5.02 Å². The number of amides is 3. The van der Waals surface area contributed by atoms with Gasteiger partial charge in [-0.2, -0.15) is 0 Å². The standard InChI is InChI=1S/C27H32ClN3O7S/c1-18(26(34)29-13-4-3-5-14-29)30-15-12-23(27(30)35)31(24(32)10-11-25(33)38-2)39(36,37)22-9-7-19-16-21(28)8-6-20(19)17-22/h6-9,16-18,23H,3-5,10-15H2,1-2H3/t18-,23-/m0/s1. The number of methoxy groups -OCH3 is 1. The summed E-state index contributed by atoms with van der Waals surface area (Å²) in [5.41, 5.74) is 0. The number of ether oxygens (including phenoxy) is 1. The van der Waals surface area contributed by atoms with E-state index in [1.165, 1.54) is 24.1 Å². The van der Waals surface area contributed by atoms with E-state index >= 15 is 0 Å². The summed E-state index contributed by atoms with van der Waals surface area (Å²) in [6.45, 7) is 2.99. The average molecular weight is 578 g/mol. The van der Waals surface area contributed by atoms with Gasteiger partial charge >= 0.3 is 5.97 Å². The van der Waals surface area contributed by atoms with Crippen LogP contribution in [0, 0.1) is 0 Å². The molecule has 2 aromatic carbocycles. The summed E-state index contributed by atoms with van der Waals surface area (Å²) in [6.07, 6.45) is 2.07. The van der Waals surface area contributed by atoms with Crippen LogP contribution in [0.1, 0.15) is 45.4 Å². The van der Waals surface area contributed by atoms with Crippen molar-refractivity contribution in [1.29, 1.82) is 0 Å². The van der Waals surface area contributed by atoms with Crippen LogP contribution >= 0.6 is 11.6 Å². The van der Waals surface area contributed by atoms with Crippen molar-refractivity contribution in [3.05, 3.63) is 41.4 Å². The number of sulfonamides is 1. The first-order valence-electron chi connectivity index (χ1n) is 13.0. The highest BCUT2D eigenvalue weighted by Gasteiger charge is 2.47. The van der Waals surface area contributed by atoms with E-state index < -0.39 is 46.3 Å². The number of likely N-dealkylation sites (tertiary alicyclic amines) is 2. The van der Waals surface area contributed by atoms with Crippen molar-refractivity contribution < 1.29 is 32.3 Å². The van der Waals surface area contributed by atoms with Gasteiger partial charge in [0, 0.05) is 31.1 Å². The van der Waals surface area contributed by atoms with E-state index in [0.29, 0.717) is 33.2 Å². The normalized spacial score (nSPS) is 18.7. The van der Waals surface area contributed by atoms with Crippen LogP contribution in [0.5, 0.6) is 0 Å². The van der Waals surface area contributed by atoms with E-state index in [1.807, 2.05) is 0 Å². The number of nitrogens with zero attached hydrogens (tertiary/aromatic N) is 3. The minimum absolute atomic E-state index is 0.0306. The van der Waals surface area contributed by atoms with Crippen LogP contribution in [0.4, 0.5) is 0 Å². The Morgan fingerprint density at radius 3 is 2.38 bits per heavy atom. The molecule has 4 rings (SSSR count). The van der Waals surface area contributed by atoms with Crippen LogP contribution < -0.4 is 0 Å². The second-order valence-corrected chi connectivity index (χ2v) is 12.1. The fourth-order valence-electron chi connectivity index (χ4n) is 5.17. The molecule has 2 saturated heterocycles. The van der Waals surface area contributed by atoms with Gasteiger partial charge in [-0.3, -0.25) is 19.2 Å². The SMILES string of the molecule is COC(=O)CCC(=O)N([C@H]1CCN([C@@H](C)C(=O)N2CCCCC2)C1=O)S(=O)(=O)c1ccc2cc(Cl)ccc2c1. The zero-order chi connectivity index (χ0) is 28.3. The molecular formula is C27H32ClN3O7S. The molecule has 0 aromatic heterocycles. The summed E-state index contributed by atoms with van der Waals surface area (Å²) in [5, 5.41) is 1.78. The second kappa shape index (κ2) is 11.9. The molecule has 10 nitrogen and oxygen atoms in total. The lowest BCUT2D eigenvalue weighted by Gasteiger charge is -2.33. The number of rotatable bonds is 8. The molecule has 0 unspecified atom stereocenters. The Balaban J connectivity index is 1.65. The third kappa shape index (κ3) is 6.04. The maximum Gasteiger partial charge on any atom is 0.306 e. The van der Waals surface area contributed by atoms with Crippen molar-refractivity contribution in [2.75, 3.05) is 26.7 Å². The van der Waals surface area contributed by atoms with Gasteiger partial charge in [0.05, 0.1) is 18.4 Å². The van der Waals surface area contributed by atoms with E-state index in [0.717, 1.165) is 19.3 Å². The quantitative estimate of drug-likeness (QED) is 0.442. The number of carbonyl (C=O) groups is 4. The van der Waals surface area contributed by atoms with Crippen LogP contribution in [-0.4, -0.2) is 85.0 Å². The lowest BCUT2D eigenvalue weighted by molar-refractivity contribution is -0.146. The van der Waals surface area contributed by atoms with Gasteiger partial charge in [0.25, 0.3) is 10.0 Å². The Bertz CT molecular complexity index is 1390. The number of benzene rings is 2. The maximum absolute atomic E-state index is 13.9. The van der Waals surface area contributed by atoms with Gasteiger partial charge < -0.3 is 14.5 Å². The molecule has 39 heavy (non-hydrogen) atoms. The van der Waals surface area contributed by atoms with Crippen molar-refractivity contribution in [3.8, 4) is 0 Å². The lowest BCUT2D eigenvalue weighted by Crippen LogP contribution is -2.53. The molecule has 2 fully saturated rings. The minimum atomic E-state index is -4.51. The summed E-state index contributed by atoms with van der Waals surface area (Å²) in [6, 6.07) is 7.20. The molecular weight excluding hydrogens is 546 g/mol. The number of carbonyl (C=O) groups excluding carboxylic acids is 4. The van der Waals surface area contributed by atoms with Crippen molar-refractivity contribution >= 4 is 56.1 Å². The maximum atomic E-state index is 13.9. The van der Waals surface area contributed by atoms with E-state index in [-0.39, 0.29) is 30.2 Å². The molecule has 2 aliphatic rings. The van der Waals surface area contributed by atoms with Crippen molar-refractivity contribution in [2.45, 2.75) is 62.4 Å². The molecule has 3 amide bonds. The Morgan fingerprint density at radius 1 is 1.03 bits per heavy atom. The number of halogens is 1. The van der Waals surface area contributed by atoms with Gasteiger partial charge in [-0.1, -0.05) is 23.7 Å². The minimum Gasteiger partial charge on any atom is -0.469 e. The summed E-state index contributed by atoms with van der Waals surface area (Å²) < 4.78 is 33.0. The smallest absolute Gasteiger partial charge is 0.306 e. The van der Waals surface area contributed by atoms with Gasteiger partial charge in [0.2, 0.25) is 17.7 Å². The van der Waals surface area contributed by atoms with Crippen LogP contribution in [0.3, 0.4) is 0 Å². The van der Waals surface area contributed by atoms with E-state index in [9.17, 15) is 27.6 Å². The van der Waals surface area contributed by atoms with E-state index in [1.54, 1.807) is 36.1 Å². The summed E-state index contributed by atoms with van der Waals surface area (Å²) in [4.78, 5) is 54.7. The number of hydrogen-bond acceptors (Lipinski definition) is 7. The predicted octanol–water partition coefficient (Wildman–Crippen LogP) is 2.97. The Hall–Kier alpha value is -3.18. The molecule has 0 radical (unpaired) electrons. The number of fused-ring (bicyclic) bond motifs is 1. The summed E-state index contributed by atoms with van der Waals surface area (Å²) >= 11 is 6.05. The van der Waals surface area contributed by atoms with E-state index in [4.69, 9.17) is 11.6 Å². The van der Waals surface area contributed by atoms with Crippen molar-refractivity contribution in [2.24, 2.45) is 0 Å². The fourth-order valence-corrected chi connectivity index (χ4v) is 6.98. The highest BCUT2D eigenvalue weighted by Crippen LogP contribution is 2.30. The molecule has 0 N–H and O–H groups in total. The topological polar surface area (TPSA) is 121 Å². The van der Waals surface area contributed by atoms with Crippen LogP contribution in [0.15, 0.2) is 41.3 Å². The Morgan fingerprint density at radius 2 is 1.69 bits per heavy atom. The fraction of sp³-hybridized carbons (Fsp3) is 0.481. The first-order valence-corrected chi connectivity index (χ1v) is 14.8. The molecule has 210 valence electrons. The Kier molecular flexibility index (Phi) is 8.80. The summed E-state index contributed by atoms with van der Waals surface area (Å²) in [5.74, 6) is -2.38. The largest absolute Gasteiger partial charge is 0.469 e. The van der Waals surface area contributed by atoms with Crippen molar-refractivity contribution in [1.82, 2.24) is 14.1 Å². The molecule has 0 spiro atoms. The van der Waals surface area contributed by atoms with Gasteiger partial charge in [-0.25, -0.2) is 12.7 Å². The predicted molar refractivity (Wildman–Crippen MR) is 144 cm³/mol. The lowest BCUT2D eigenvalue weighted by atomic mass is 10.1. The average Bonchev–Trinajstić information content (AvgIpc) is 3.31. The zero-order valence-corrected chi connectivity index (χ0v) is 23.5. The first kappa shape index (κ1) is 28.8. The number of esters is 1. The molecule has 0 aliphatic carbocycles. The summed E-state index contributed by atoms with van der Waals surface area (Å²) in [7, 11) is -3.34. The first-order chi connectivity index (χ1) is 18.5. The Labute approximate surface area is 232 Å². The molecule has 12 heteroatoms. The van der Waals surface area contributed by atoms with Crippen molar-refractivity contribution in [3.63, 3.8) is 0 Å². The number of hydrogen-bond donors (Lipinski definition) is 0. The molecule has 0 saturated carbocycles. The van der Waals surface area contributed by atoms with Crippen LogP contribution in [-0.2, 0) is 33.9 Å². The molecule has 2 aliphatic heterocycles. The highest BCUT2D eigenvalue weighted by molar-refractivity contribution is 7.89. The third-order valence-corrected chi connectivity index (χ3v) is 9.40. The van der Waals surface area contributed by atoms with Gasteiger partial charge in [0.1, 0.15) is 12.1 Å². The van der Waals surface area contributed by atoms with E-state index in [2.05, 4.69) is 4.74 Å².